The van der Waals surface area contributed by atoms with Crippen molar-refractivity contribution in [3.05, 3.63) is 23.8 Å². The van der Waals surface area contributed by atoms with Gasteiger partial charge in [0, 0.05) is 6.07 Å². The van der Waals surface area contributed by atoms with Gasteiger partial charge in [-0.05, 0) is 30.4 Å². The molecule has 0 fully saturated rings. The maximum absolute atomic E-state index is 9.58. The van der Waals surface area contributed by atoms with Crippen LogP contribution in [0.25, 0.3) is 0 Å². The average molecular weight is 222 g/mol. The molecule has 0 unspecified atom stereocenters. The first kappa shape index (κ1) is 12.9. The van der Waals surface area contributed by atoms with Gasteiger partial charge in [0.25, 0.3) is 0 Å². The van der Waals surface area contributed by atoms with Gasteiger partial charge >= 0.3 is 0 Å². The third-order valence-corrected chi connectivity index (χ3v) is 2.80. The fourth-order valence-corrected chi connectivity index (χ4v) is 1.81. The Morgan fingerprint density at radius 1 is 1.06 bits per heavy atom. The van der Waals surface area contributed by atoms with E-state index < -0.39 is 0 Å². The van der Waals surface area contributed by atoms with Gasteiger partial charge in [0.05, 0.1) is 0 Å². The Morgan fingerprint density at radius 2 is 1.81 bits per heavy atom. The van der Waals surface area contributed by atoms with Crippen LogP contribution in [0.3, 0.4) is 0 Å². The summed E-state index contributed by atoms with van der Waals surface area (Å²) in [5, 5.41) is 18.7. The first-order chi connectivity index (χ1) is 7.59. The standard InChI is InChI=1S/C14H22O2/c1-11(2)6-4-3-5-7-12-8-9-13(15)10-14(12)16/h8-11,15-16H,3-7H2,1-2H3. The highest BCUT2D eigenvalue weighted by Gasteiger charge is 2.02. The van der Waals surface area contributed by atoms with Gasteiger partial charge in [-0.3, -0.25) is 0 Å². The van der Waals surface area contributed by atoms with Crippen molar-refractivity contribution in [1.29, 1.82) is 0 Å². The lowest BCUT2D eigenvalue weighted by Gasteiger charge is -2.06. The summed E-state index contributed by atoms with van der Waals surface area (Å²) in [6.07, 6.45) is 5.74. The molecular weight excluding hydrogens is 200 g/mol. The van der Waals surface area contributed by atoms with Crippen LogP contribution in [0.2, 0.25) is 0 Å². The van der Waals surface area contributed by atoms with E-state index in [1.807, 2.05) is 0 Å². The summed E-state index contributed by atoms with van der Waals surface area (Å²) < 4.78 is 0. The van der Waals surface area contributed by atoms with Crippen LogP contribution in [-0.2, 0) is 6.42 Å². The molecule has 0 aliphatic carbocycles. The Kier molecular flexibility index (Phi) is 5.17. The third-order valence-electron chi connectivity index (χ3n) is 2.80. The van der Waals surface area contributed by atoms with Crippen LogP contribution in [0.4, 0.5) is 0 Å². The van der Waals surface area contributed by atoms with Gasteiger partial charge < -0.3 is 10.2 Å². The molecule has 90 valence electrons. The number of benzene rings is 1. The van der Waals surface area contributed by atoms with Gasteiger partial charge in [-0.15, -0.1) is 0 Å². The molecule has 0 aromatic heterocycles. The molecule has 0 bridgehead atoms. The van der Waals surface area contributed by atoms with Crippen molar-refractivity contribution in [3.63, 3.8) is 0 Å². The molecule has 0 amide bonds. The van der Waals surface area contributed by atoms with Crippen molar-refractivity contribution in [1.82, 2.24) is 0 Å². The number of hydrogen-bond acceptors (Lipinski definition) is 2. The van der Waals surface area contributed by atoms with Crippen LogP contribution in [0.5, 0.6) is 11.5 Å². The van der Waals surface area contributed by atoms with Crippen LogP contribution < -0.4 is 0 Å². The molecule has 0 aliphatic heterocycles. The largest absolute Gasteiger partial charge is 0.508 e. The monoisotopic (exact) mass is 222 g/mol. The number of rotatable bonds is 6. The van der Waals surface area contributed by atoms with Crippen LogP contribution in [0, 0.1) is 5.92 Å². The molecule has 0 saturated carbocycles. The van der Waals surface area contributed by atoms with Crippen LogP contribution in [0.15, 0.2) is 18.2 Å². The van der Waals surface area contributed by atoms with Crippen molar-refractivity contribution in [2.24, 2.45) is 5.92 Å². The Balaban J connectivity index is 2.27. The van der Waals surface area contributed by atoms with Crippen molar-refractivity contribution in [2.75, 3.05) is 0 Å². The molecule has 0 spiro atoms. The minimum Gasteiger partial charge on any atom is -0.508 e. The molecule has 2 nitrogen and oxygen atoms in total. The van der Waals surface area contributed by atoms with Gasteiger partial charge in [0.2, 0.25) is 0 Å². The second-order valence-corrected chi connectivity index (χ2v) is 4.81. The van der Waals surface area contributed by atoms with E-state index in [1.54, 1.807) is 12.1 Å². The second kappa shape index (κ2) is 6.41. The van der Waals surface area contributed by atoms with Gasteiger partial charge in [-0.2, -0.15) is 0 Å². The third kappa shape index (κ3) is 4.56. The summed E-state index contributed by atoms with van der Waals surface area (Å²) in [6, 6.07) is 4.83. The average Bonchev–Trinajstić information content (AvgIpc) is 2.20. The summed E-state index contributed by atoms with van der Waals surface area (Å²) in [7, 11) is 0. The first-order valence-corrected chi connectivity index (χ1v) is 6.10. The zero-order chi connectivity index (χ0) is 12.0. The Morgan fingerprint density at radius 3 is 2.44 bits per heavy atom. The molecule has 2 N–H and O–H groups in total. The van der Waals surface area contributed by atoms with Crippen molar-refractivity contribution < 1.29 is 10.2 Å². The zero-order valence-corrected chi connectivity index (χ0v) is 10.2. The quantitative estimate of drug-likeness (QED) is 0.717. The number of aryl methyl sites for hydroxylation is 1. The maximum atomic E-state index is 9.58. The van der Waals surface area contributed by atoms with Gasteiger partial charge in [-0.25, -0.2) is 0 Å². The van der Waals surface area contributed by atoms with Crippen LogP contribution in [-0.4, -0.2) is 10.2 Å². The summed E-state index contributed by atoms with van der Waals surface area (Å²) >= 11 is 0. The normalized spacial score (nSPS) is 10.9. The Hall–Kier alpha value is -1.18. The van der Waals surface area contributed by atoms with E-state index in [4.69, 9.17) is 5.11 Å². The lowest BCUT2D eigenvalue weighted by molar-refractivity contribution is 0.444. The highest BCUT2D eigenvalue weighted by molar-refractivity contribution is 5.38. The Labute approximate surface area is 97.9 Å². The lowest BCUT2D eigenvalue weighted by Crippen LogP contribution is -1.90. The predicted molar refractivity (Wildman–Crippen MR) is 66.8 cm³/mol. The molecule has 0 heterocycles. The van der Waals surface area contributed by atoms with E-state index in [1.165, 1.54) is 25.3 Å². The van der Waals surface area contributed by atoms with Crippen molar-refractivity contribution >= 4 is 0 Å². The van der Waals surface area contributed by atoms with Crippen LogP contribution >= 0.6 is 0 Å². The van der Waals surface area contributed by atoms with E-state index in [9.17, 15) is 5.11 Å². The number of phenols is 2. The van der Waals surface area contributed by atoms with Gasteiger partial charge in [0.15, 0.2) is 0 Å². The molecule has 1 rings (SSSR count). The number of hydrogen-bond donors (Lipinski definition) is 2. The summed E-state index contributed by atoms with van der Waals surface area (Å²) in [5.74, 6) is 1.12. The number of phenolic OH excluding ortho intramolecular Hbond substituents is 2. The highest BCUT2D eigenvalue weighted by atomic mass is 16.3. The maximum Gasteiger partial charge on any atom is 0.122 e. The minimum absolute atomic E-state index is 0.126. The molecule has 1 aromatic rings. The van der Waals surface area contributed by atoms with E-state index in [2.05, 4.69) is 13.8 Å². The molecular formula is C14H22O2. The fraction of sp³-hybridized carbons (Fsp3) is 0.571. The Bertz CT molecular complexity index is 319. The number of unbranched alkanes of at least 4 members (excludes halogenated alkanes) is 2. The molecule has 0 saturated heterocycles. The van der Waals surface area contributed by atoms with Gasteiger partial charge in [-0.1, -0.05) is 39.2 Å². The van der Waals surface area contributed by atoms with Crippen molar-refractivity contribution in [3.8, 4) is 11.5 Å². The molecule has 2 heteroatoms. The highest BCUT2D eigenvalue weighted by Crippen LogP contribution is 2.24. The molecule has 16 heavy (non-hydrogen) atoms. The summed E-state index contributed by atoms with van der Waals surface area (Å²) in [5.41, 5.74) is 0.933. The SMILES string of the molecule is CC(C)CCCCCc1ccc(O)cc1O. The van der Waals surface area contributed by atoms with E-state index >= 15 is 0 Å². The fourth-order valence-electron chi connectivity index (χ4n) is 1.81. The second-order valence-electron chi connectivity index (χ2n) is 4.81. The smallest absolute Gasteiger partial charge is 0.122 e. The molecule has 1 aromatic carbocycles. The van der Waals surface area contributed by atoms with E-state index in [0.29, 0.717) is 0 Å². The van der Waals surface area contributed by atoms with Gasteiger partial charge in [0.1, 0.15) is 11.5 Å². The lowest BCUT2D eigenvalue weighted by atomic mass is 10.0. The predicted octanol–water partition coefficient (Wildman–Crippen LogP) is 3.86. The van der Waals surface area contributed by atoms with Crippen LogP contribution in [0.1, 0.15) is 45.1 Å². The molecule has 0 aliphatic rings. The molecule has 0 atom stereocenters. The summed E-state index contributed by atoms with van der Waals surface area (Å²) in [4.78, 5) is 0. The number of aromatic hydroxyl groups is 2. The van der Waals surface area contributed by atoms with Crippen molar-refractivity contribution in [2.45, 2.75) is 46.0 Å². The topological polar surface area (TPSA) is 40.5 Å². The summed E-state index contributed by atoms with van der Waals surface area (Å²) in [6.45, 7) is 4.48. The molecule has 0 radical (unpaired) electrons. The van der Waals surface area contributed by atoms with E-state index in [-0.39, 0.29) is 11.5 Å². The zero-order valence-electron chi connectivity index (χ0n) is 10.2. The van der Waals surface area contributed by atoms with E-state index in [0.717, 1.165) is 24.3 Å². The first-order valence-electron chi connectivity index (χ1n) is 6.10. The minimum atomic E-state index is 0.126.